The van der Waals surface area contributed by atoms with Crippen LogP contribution in [0.3, 0.4) is 0 Å². The van der Waals surface area contributed by atoms with Gasteiger partial charge in [0, 0.05) is 23.5 Å². The minimum absolute atomic E-state index is 0.0154. The molecule has 2 N–H and O–H groups in total. The average Bonchev–Trinajstić information content (AvgIpc) is 2.39. The fraction of sp³-hybridized carbons (Fsp3) is 0.143. The predicted molar refractivity (Wildman–Crippen MR) is 68.4 cm³/mol. The van der Waals surface area contributed by atoms with Gasteiger partial charge in [0.2, 0.25) is 0 Å². The molecule has 2 rings (SSSR count). The van der Waals surface area contributed by atoms with Crippen molar-refractivity contribution in [2.24, 2.45) is 0 Å². The Balaban J connectivity index is 2.42. The standard InChI is InChI=1S/C14H13NO4/c1-9-6-13(11(7-15-9)14(17)18)19-12-5-3-2-4-10(12)8-16/h2-7,16H,8H2,1H3,(H,17,18). The molecule has 0 aliphatic rings. The molecule has 98 valence electrons. The van der Waals surface area contributed by atoms with Crippen LogP contribution in [0.4, 0.5) is 0 Å². The summed E-state index contributed by atoms with van der Waals surface area (Å²) in [4.78, 5) is 15.0. The zero-order valence-corrected chi connectivity index (χ0v) is 10.3. The lowest BCUT2D eigenvalue weighted by atomic mass is 10.2. The summed E-state index contributed by atoms with van der Waals surface area (Å²) in [6.07, 6.45) is 1.26. The zero-order chi connectivity index (χ0) is 13.8. The molecular formula is C14H13NO4. The normalized spacial score (nSPS) is 10.2. The van der Waals surface area contributed by atoms with E-state index in [0.29, 0.717) is 17.0 Å². The first kappa shape index (κ1) is 13.0. The predicted octanol–water partition coefficient (Wildman–Crippen LogP) is 2.37. The lowest BCUT2D eigenvalue weighted by molar-refractivity contribution is 0.0693. The molecule has 5 heteroatoms. The van der Waals surface area contributed by atoms with E-state index in [1.165, 1.54) is 6.20 Å². The Morgan fingerprint density at radius 2 is 2.05 bits per heavy atom. The number of ether oxygens (including phenoxy) is 1. The molecule has 0 unspecified atom stereocenters. The molecule has 19 heavy (non-hydrogen) atoms. The molecule has 5 nitrogen and oxygen atoms in total. The van der Waals surface area contributed by atoms with E-state index in [0.717, 1.165) is 0 Å². The number of aliphatic hydroxyl groups is 1. The van der Waals surface area contributed by atoms with Crippen molar-refractivity contribution in [3.8, 4) is 11.5 Å². The van der Waals surface area contributed by atoms with Crippen LogP contribution in [-0.2, 0) is 6.61 Å². The summed E-state index contributed by atoms with van der Waals surface area (Å²) in [5, 5.41) is 18.3. The number of hydrogen-bond acceptors (Lipinski definition) is 4. The van der Waals surface area contributed by atoms with Gasteiger partial charge < -0.3 is 14.9 Å². The van der Waals surface area contributed by atoms with Gasteiger partial charge in [0.05, 0.1) is 6.61 Å². The van der Waals surface area contributed by atoms with Crippen LogP contribution in [-0.4, -0.2) is 21.2 Å². The first-order valence-electron chi connectivity index (χ1n) is 5.68. The largest absolute Gasteiger partial charge is 0.477 e. The zero-order valence-electron chi connectivity index (χ0n) is 10.3. The highest BCUT2D eigenvalue weighted by Gasteiger charge is 2.14. The van der Waals surface area contributed by atoms with Gasteiger partial charge in [-0.05, 0) is 13.0 Å². The Labute approximate surface area is 110 Å². The van der Waals surface area contributed by atoms with Crippen LogP contribution >= 0.6 is 0 Å². The second kappa shape index (κ2) is 5.49. The van der Waals surface area contributed by atoms with Crippen molar-refractivity contribution >= 4 is 5.97 Å². The van der Waals surface area contributed by atoms with E-state index in [4.69, 9.17) is 9.84 Å². The number of carbonyl (C=O) groups is 1. The third-order valence-electron chi connectivity index (χ3n) is 2.60. The van der Waals surface area contributed by atoms with E-state index >= 15 is 0 Å². The number of carboxylic acids is 1. The number of benzene rings is 1. The number of para-hydroxylation sites is 1. The Bertz CT molecular complexity index is 610. The maximum Gasteiger partial charge on any atom is 0.341 e. The van der Waals surface area contributed by atoms with Crippen LogP contribution in [0.5, 0.6) is 11.5 Å². The second-order valence-corrected chi connectivity index (χ2v) is 3.99. The van der Waals surface area contributed by atoms with E-state index in [9.17, 15) is 9.90 Å². The minimum Gasteiger partial charge on any atom is -0.477 e. The monoisotopic (exact) mass is 259 g/mol. The van der Waals surface area contributed by atoms with Crippen LogP contribution in [0.2, 0.25) is 0 Å². The van der Waals surface area contributed by atoms with Crippen molar-refractivity contribution in [3.63, 3.8) is 0 Å². The number of rotatable bonds is 4. The van der Waals surface area contributed by atoms with Gasteiger partial charge in [0.25, 0.3) is 0 Å². The molecule has 0 saturated heterocycles. The molecular weight excluding hydrogens is 246 g/mol. The van der Waals surface area contributed by atoms with Crippen molar-refractivity contribution in [1.29, 1.82) is 0 Å². The van der Waals surface area contributed by atoms with Gasteiger partial charge in [-0.15, -0.1) is 0 Å². The highest BCUT2D eigenvalue weighted by Crippen LogP contribution is 2.28. The molecule has 1 aromatic heterocycles. The molecule has 2 aromatic rings. The number of aliphatic hydroxyl groups excluding tert-OH is 1. The summed E-state index contributed by atoms with van der Waals surface area (Å²) in [7, 11) is 0. The summed E-state index contributed by atoms with van der Waals surface area (Å²) in [6.45, 7) is 1.57. The number of carboxylic acid groups (broad SMARTS) is 1. The number of nitrogens with zero attached hydrogens (tertiary/aromatic N) is 1. The van der Waals surface area contributed by atoms with Crippen LogP contribution in [0.1, 0.15) is 21.6 Å². The molecule has 1 heterocycles. The molecule has 0 radical (unpaired) electrons. The molecule has 0 fully saturated rings. The van der Waals surface area contributed by atoms with Gasteiger partial charge in [-0.3, -0.25) is 4.98 Å². The van der Waals surface area contributed by atoms with Crippen LogP contribution in [0, 0.1) is 6.92 Å². The first-order valence-corrected chi connectivity index (χ1v) is 5.68. The number of hydrogen-bond donors (Lipinski definition) is 2. The van der Waals surface area contributed by atoms with Gasteiger partial charge in [0.1, 0.15) is 17.1 Å². The van der Waals surface area contributed by atoms with E-state index in [-0.39, 0.29) is 17.9 Å². The molecule has 0 amide bonds. The fourth-order valence-corrected chi connectivity index (χ4v) is 1.63. The number of pyridine rings is 1. The summed E-state index contributed by atoms with van der Waals surface area (Å²) in [5.41, 5.74) is 1.23. The topological polar surface area (TPSA) is 79.7 Å². The summed E-state index contributed by atoms with van der Waals surface area (Å²) >= 11 is 0. The summed E-state index contributed by atoms with van der Waals surface area (Å²) in [5.74, 6) is -0.469. The molecule has 0 aliphatic heterocycles. The van der Waals surface area contributed by atoms with Crippen molar-refractivity contribution in [1.82, 2.24) is 4.98 Å². The fourth-order valence-electron chi connectivity index (χ4n) is 1.63. The maximum atomic E-state index is 11.1. The maximum absolute atomic E-state index is 11.1. The van der Waals surface area contributed by atoms with Crippen LogP contribution < -0.4 is 4.74 Å². The Kier molecular flexibility index (Phi) is 3.77. The van der Waals surface area contributed by atoms with Gasteiger partial charge in [-0.2, -0.15) is 0 Å². The van der Waals surface area contributed by atoms with Crippen molar-refractivity contribution < 1.29 is 19.7 Å². The molecule has 1 aromatic carbocycles. The summed E-state index contributed by atoms with van der Waals surface area (Å²) in [6, 6.07) is 8.46. The quantitative estimate of drug-likeness (QED) is 0.881. The number of aryl methyl sites for hydroxylation is 1. The van der Waals surface area contributed by atoms with Crippen molar-refractivity contribution in [2.75, 3.05) is 0 Å². The highest BCUT2D eigenvalue weighted by atomic mass is 16.5. The lowest BCUT2D eigenvalue weighted by Gasteiger charge is -2.11. The third kappa shape index (κ3) is 2.89. The number of aromatic nitrogens is 1. The summed E-state index contributed by atoms with van der Waals surface area (Å²) < 4.78 is 5.59. The SMILES string of the molecule is Cc1cc(Oc2ccccc2CO)c(C(=O)O)cn1. The van der Waals surface area contributed by atoms with E-state index in [1.807, 2.05) is 0 Å². The smallest absolute Gasteiger partial charge is 0.341 e. The third-order valence-corrected chi connectivity index (χ3v) is 2.60. The molecule has 0 bridgehead atoms. The van der Waals surface area contributed by atoms with E-state index in [2.05, 4.69) is 4.98 Å². The number of aromatic carboxylic acids is 1. The van der Waals surface area contributed by atoms with Crippen LogP contribution in [0.25, 0.3) is 0 Å². The molecule has 0 saturated carbocycles. The molecule has 0 spiro atoms. The Morgan fingerprint density at radius 3 is 2.74 bits per heavy atom. The lowest BCUT2D eigenvalue weighted by Crippen LogP contribution is -2.02. The average molecular weight is 259 g/mol. The van der Waals surface area contributed by atoms with Crippen LogP contribution in [0.15, 0.2) is 36.5 Å². The van der Waals surface area contributed by atoms with Gasteiger partial charge in [0.15, 0.2) is 0 Å². The second-order valence-electron chi connectivity index (χ2n) is 3.99. The molecule has 0 atom stereocenters. The van der Waals surface area contributed by atoms with Crippen molar-refractivity contribution in [3.05, 3.63) is 53.3 Å². The first-order chi connectivity index (χ1) is 9.11. The molecule has 0 aliphatic carbocycles. The van der Waals surface area contributed by atoms with Gasteiger partial charge in [-0.25, -0.2) is 4.79 Å². The van der Waals surface area contributed by atoms with Gasteiger partial charge >= 0.3 is 5.97 Å². The minimum atomic E-state index is -1.11. The Morgan fingerprint density at radius 1 is 1.32 bits per heavy atom. The van der Waals surface area contributed by atoms with Gasteiger partial charge in [-0.1, -0.05) is 18.2 Å². The van der Waals surface area contributed by atoms with E-state index in [1.54, 1.807) is 37.3 Å². The Hall–Kier alpha value is -2.40. The highest BCUT2D eigenvalue weighted by molar-refractivity contribution is 5.90. The van der Waals surface area contributed by atoms with E-state index < -0.39 is 5.97 Å². The van der Waals surface area contributed by atoms with Crippen molar-refractivity contribution in [2.45, 2.75) is 13.5 Å².